The molecule has 0 aliphatic carbocycles. The summed E-state index contributed by atoms with van der Waals surface area (Å²) in [7, 11) is 3.13. The molecule has 0 saturated heterocycles. The molecule has 0 atom stereocenters. The third-order valence-corrected chi connectivity index (χ3v) is 3.41. The first-order valence-corrected chi connectivity index (χ1v) is 7.24. The Bertz CT molecular complexity index is 676. The van der Waals surface area contributed by atoms with E-state index in [1.54, 1.807) is 38.5 Å². The van der Waals surface area contributed by atoms with E-state index in [2.05, 4.69) is 21.1 Å². The molecule has 6 heteroatoms. The molecule has 0 heterocycles. The highest BCUT2D eigenvalue weighted by molar-refractivity contribution is 9.10. The first-order valence-electron chi connectivity index (χ1n) is 6.45. The van der Waals surface area contributed by atoms with Gasteiger partial charge < -0.3 is 14.3 Å². The van der Waals surface area contributed by atoms with Crippen molar-refractivity contribution in [3.8, 4) is 11.5 Å². The van der Waals surface area contributed by atoms with E-state index in [0.717, 1.165) is 5.56 Å². The molecular formula is C16H15BrFNO3. The van der Waals surface area contributed by atoms with E-state index >= 15 is 0 Å². The van der Waals surface area contributed by atoms with Crippen LogP contribution in [0.1, 0.15) is 11.1 Å². The molecule has 0 aromatic heterocycles. The van der Waals surface area contributed by atoms with E-state index < -0.39 is 0 Å². The van der Waals surface area contributed by atoms with Crippen LogP contribution in [-0.2, 0) is 11.4 Å². The van der Waals surface area contributed by atoms with Crippen molar-refractivity contribution in [3.05, 3.63) is 57.8 Å². The molecule has 22 heavy (non-hydrogen) atoms. The zero-order valence-electron chi connectivity index (χ0n) is 12.2. The van der Waals surface area contributed by atoms with Gasteiger partial charge in [-0.05, 0) is 30.3 Å². The van der Waals surface area contributed by atoms with E-state index in [-0.39, 0.29) is 12.4 Å². The minimum absolute atomic E-state index is 0.0584. The summed E-state index contributed by atoms with van der Waals surface area (Å²) < 4.78 is 24.6. The highest BCUT2D eigenvalue weighted by atomic mass is 79.9. The van der Waals surface area contributed by atoms with Crippen LogP contribution in [0.25, 0.3) is 0 Å². The van der Waals surface area contributed by atoms with Gasteiger partial charge in [0.2, 0.25) is 0 Å². The van der Waals surface area contributed by atoms with Crippen molar-refractivity contribution in [1.82, 2.24) is 0 Å². The van der Waals surface area contributed by atoms with Crippen LogP contribution in [0.15, 0.2) is 46.0 Å². The second kappa shape index (κ2) is 7.79. The van der Waals surface area contributed by atoms with E-state index in [1.165, 1.54) is 12.3 Å². The maximum absolute atomic E-state index is 13.6. The Morgan fingerprint density at radius 3 is 2.55 bits per heavy atom. The number of rotatable bonds is 6. The van der Waals surface area contributed by atoms with Gasteiger partial charge in [-0.15, -0.1) is 0 Å². The van der Waals surface area contributed by atoms with Gasteiger partial charge in [0.15, 0.2) is 11.5 Å². The monoisotopic (exact) mass is 367 g/mol. The predicted molar refractivity (Wildman–Crippen MR) is 86.0 cm³/mol. The van der Waals surface area contributed by atoms with Gasteiger partial charge in [0.1, 0.15) is 12.4 Å². The SMILES string of the molecule is COc1ccc(/C=N\OCc2ccc(Br)cc2F)cc1OC. The second-order valence-corrected chi connectivity index (χ2v) is 5.27. The second-order valence-electron chi connectivity index (χ2n) is 4.36. The lowest BCUT2D eigenvalue weighted by Gasteiger charge is -2.07. The Morgan fingerprint density at radius 2 is 1.86 bits per heavy atom. The average molecular weight is 368 g/mol. The topological polar surface area (TPSA) is 40.0 Å². The molecule has 0 amide bonds. The molecule has 0 bridgehead atoms. The molecule has 116 valence electrons. The van der Waals surface area contributed by atoms with Gasteiger partial charge in [0.25, 0.3) is 0 Å². The number of methoxy groups -OCH3 is 2. The van der Waals surface area contributed by atoms with Crippen molar-refractivity contribution in [2.75, 3.05) is 14.2 Å². The molecule has 0 fully saturated rings. The maximum atomic E-state index is 13.6. The smallest absolute Gasteiger partial charge is 0.161 e. The van der Waals surface area contributed by atoms with Crippen molar-refractivity contribution in [3.63, 3.8) is 0 Å². The van der Waals surface area contributed by atoms with Crippen molar-refractivity contribution in [2.24, 2.45) is 5.16 Å². The molecular weight excluding hydrogens is 353 g/mol. The van der Waals surface area contributed by atoms with Crippen molar-refractivity contribution >= 4 is 22.1 Å². The van der Waals surface area contributed by atoms with Gasteiger partial charge in [-0.2, -0.15) is 0 Å². The van der Waals surface area contributed by atoms with Gasteiger partial charge >= 0.3 is 0 Å². The Balaban J connectivity index is 1.98. The van der Waals surface area contributed by atoms with E-state index in [4.69, 9.17) is 14.3 Å². The van der Waals surface area contributed by atoms with Crippen LogP contribution in [0.5, 0.6) is 11.5 Å². The fourth-order valence-corrected chi connectivity index (χ4v) is 2.11. The lowest BCUT2D eigenvalue weighted by Crippen LogP contribution is -1.94. The van der Waals surface area contributed by atoms with Gasteiger partial charge in [-0.25, -0.2) is 4.39 Å². The van der Waals surface area contributed by atoms with Crippen LogP contribution in [0, 0.1) is 5.82 Å². The molecule has 0 saturated carbocycles. The molecule has 2 aromatic rings. The van der Waals surface area contributed by atoms with Gasteiger partial charge in [-0.3, -0.25) is 0 Å². The molecule has 0 aliphatic heterocycles. The normalized spacial score (nSPS) is 10.7. The summed E-state index contributed by atoms with van der Waals surface area (Å²) in [5, 5.41) is 3.83. The standard InChI is InChI=1S/C16H15BrFNO3/c1-20-15-6-3-11(7-16(15)21-2)9-19-22-10-12-4-5-13(17)8-14(12)18/h3-9H,10H2,1-2H3/b19-9-. The molecule has 0 N–H and O–H groups in total. The first-order chi connectivity index (χ1) is 10.6. The Morgan fingerprint density at radius 1 is 1.09 bits per heavy atom. The molecule has 0 spiro atoms. The van der Waals surface area contributed by atoms with Crippen LogP contribution in [0.3, 0.4) is 0 Å². The molecule has 2 rings (SSSR count). The zero-order valence-corrected chi connectivity index (χ0v) is 13.8. The van der Waals surface area contributed by atoms with Crippen LogP contribution >= 0.6 is 15.9 Å². The maximum Gasteiger partial charge on any atom is 0.161 e. The fraction of sp³-hybridized carbons (Fsp3) is 0.188. The summed E-state index contributed by atoms with van der Waals surface area (Å²) in [6.07, 6.45) is 1.53. The quantitative estimate of drug-likeness (QED) is 0.568. The summed E-state index contributed by atoms with van der Waals surface area (Å²) in [6, 6.07) is 10.1. The molecule has 0 aliphatic rings. The molecule has 0 radical (unpaired) electrons. The fourth-order valence-electron chi connectivity index (χ4n) is 1.78. The predicted octanol–water partition coefficient (Wildman–Crippen LogP) is 4.16. The van der Waals surface area contributed by atoms with Crippen LogP contribution in [0.4, 0.5) is 4.39 Å². The first kappa shape index (κ1) is 16.3. The number of ether oxygens (including phenoxy) is 2. The minimum Gasteiger partial charge on any atom is -0.493 e. The summed E-state index contributed by atoms with van der Waals surface area (Å²) in [6.45, 7) is 0.0584. The van der Waals surface area contributed by atoms with E-state index in [9.17, 15) is 4.39 Å². The number of benzene rings is 2. The zero-order chi connectivity index (χ0) is 15.9. The average Bonchev–Trinajstić information content (AvgIpc) is 2.53. The molecule has 0 unspecified atom stereocenters. The molecule has 2 aromatic carbocycles. The van der Waals surface area contributed by atoms with Gasteiger partial charge in [0.05, 0.1) is 20.4 Å². The number of nitrogens with zero attached hydrogens (tertiary/aromatic N) is 1. The Labute approximate surface area is 136 Å². The third kappa shape index (κ3) is 4.21. The number of oxime groups is 1. The van der Waals surface area contributed by atoms with Crippen LogP contribution in [0.2, 0.25) is 0 Å². The number of hydrogen-bond donors (Lipinski definition) is 0. The van der Waals surface area contributed by atoms with Crippen LogP contribution in [-0.4, -0.2) is 20.4 Å². The third-order valence-electron chi connectivity index (χ3n) is 2.92. The van der Waals surface area contributed by atoms with Crippen molar-refractivity contribution in [1.29, 1.82) is 0 Å². The molecule has 4 nitrogen and oxygen atoms in total. The lowest BCUT2D eigenvalue weighted by molar-refractivity contribution is 0.129. The summed E-state index contributed by atoms with van der Waals surface area (Å²) in [5.74, 6) is 0.901. The minimum atomic E-state index is -0.337. The highest BCUT2D eigenvalue weighted by Gasteiger charge is 2.04. The Kier molecular flexibility index (Phi) is 5.77. The van der Waals surface area contributed by atoms with E-state index in [0.29, 0.717) is 21.5 Å². The van der Waals surface area contributed by atoms with Crippen LogP contribution < -0.4 is 9.47 Å². The van der Waals surface area contributed by atoms with Crippen molar-refractivity contribution in [2.45, 2.75) is 6.61 Å². The number of hydrogen-bond acceptors (Lipinski definition) is 4. The highest BCUT2D eigenvalue weighted by Crippen LogP contribution is 2.26. The van der Waals surface area contributed by atoms with Gasteiger partial charge in [0, 0.05) is 15.6 Å². The Hall–Kier alpha value is -2.08. The summed E-state index contributed by atoms with van der Waals surface area (Å²) >= 11 is 3.20. The van der Waals surface area contributed by atoms with Crippen molar-refractivity contribution < 1.29 is 18.7 Å². The van der Waals surface area contributed by atoms with E-state index in [1.807, 2.05) is 6.07 Å². The largest absolute Gasteiger partial charge is 0.493 e. The lowest BCUT2D eigenvalue weighted by atomic mass is 10.2. The van der Waals surface area contributed by atoms with Gasteiger partial charge in [-0.1, -0.05) is 27.2 Å². The summed E-state index contributed by atoms with van der Waals surface area (Å²) in [5.41, 5.74) is 1.22. The summed E-state index contributed by atoms with van der Waals surface area (Å²) in [4.78, 5) is 5.12. The number of halogens is 2.